The largest absolute Gasteiger partial charge is 0.381 e. The lowest BCUT2D eigenvalue weighted by Crippen LogP contribution is -2.26. The molecular formula is C10H19N5O. The minimum absolute atomic E-state index is 0.0150. The van der Waals surface area contributed by atoms with Gasteiger partial charge in [0.25, 0.3) is 0 Å². The molecule has 0 bridgehead atoms. The zero-order chi connectivity index (χ0) is 12.1. The topological polar surface area (TPSA) is 99.9 Å². The van der Waals surface area contributed by atoms with Gasteiger partial charge in [-0.1, -0.05) is 0 Å². The molecule has 0 aromatic carbocycles. The van der Waals surface area contributed by atoms with Crippen LogP contribution in [0, 0.1) is 6.92 Å². The molecular weight excluding hydrogens is 206 g/mol. The van der Waals surface area contributed by atoms with E-state index in [2.05, 4.69) is 15.0 Å². The number of ether oxygens (including phenoxy) is 1. The molecule has 0 amide bonds. The van der Waals surface area contributed by atoms with E-state index in [0.29, 0.717) is 18.1 Å². The van der Waals surface area contributed by atoms with E-state index in [1.807, 2.05) is 6.92 Å². The molecule has 1 heterocycles. The van der Waals surface area contributed by atoms with E-state index < -0.39 is 0 Å². The number of methoxy groups -OCH3 is 1. The van der Waals surface area contributed by atoms with Crippen molar-refractivity contribution in [2.45, 2.75) is 38.8 Å². The van der Waals surface area contributed by atoms with E-state index in [1.54, 1.807) is 14.0 Å². The first-order valence-electron chi connectivity index (χ1n) is 5.26. The lowest BCUT2D eigenvalue weighted by Gasteiger charge is -2.16. The monoisotopic (exact) mass is 225 g/mol. The van der Waals surface area contributed by atoms with Gasteiger partial charge >= 0.3 is 0 Å². The maximum Gasteiger partial charge on any atom is 0.223 e. The van der Waals surface area contributed by atoms with Crippen molar-refractivity contribution >= 4 is 5.95 Å². The smallest absolute Gasteiger partial charge is 0.223 e. The summed E-state index contributed by atoms with van der Waals surface area (Å²) in [5, 5.41) is 0. The highest BCUT2D eigenvalue weighted by Gasteiger charge is 2.13. The van der Waals surface area contributed by atoms with E-state index in [9.17, 15) is 0 Å². The highest BCUT2D eigenvalue weighted by Crippen LogP contribution is 2.07. The first-order valence-corrected chi connectivity index (χ1v) is 5.26. The fourth-order valence-electron chi connectivity index (χ4n) is 1.53. The second-order valence-corrected chi connectivity index (χ2v) is 3.93. The van der Waals surface area contributed by atoms with Gasteiger partial charge < -0.3 is 16.2 Å². The number of nitrogens with zero attached hydrogens (tertiary/aromatic N) is 3. The summed E-state index contributed by atoms with van der Waals surface area (Å²) >= 11 is 0. The van der Waals surface area contributed by atoms with Crippen LogP contribution in [0.25, 0.3) is 0 Å². The molecule has 0 radical (unpaired) electrons. The third-order valence-corrected chi connectivity index (χ3v) is 2.19. The predicted octanol–water partition coefficient (Wildman–Crippen LogP) is 0.0570. The maximum atomic E-state index is 5.72. The Morgan fingerprint density at radius 2 is 2.00 bits per heavy atom. The molecule has 0 fully saturated rings. The fraction of sp³-hybridized carbons (Fsp3) is 0.700. The SMILES string of the molecule is COC(Cc1nc(C)nc(N)n1)CC(C)N. The molecule has 90 valence electrons. The molecule has 1 rings (SSSR count). The van der Waals surface area contributed by atoms with Gasteiger partial charge in [-0.3, -0.25) is 0 Å². The van der Waals surface area contributed by atoms with Gasteiger partial charge in [0.05, 0.1) is 6.10 Å². The Kier molecular flexibility index (Phi) is 4.57. The quantitative estimate of drug-likeness (QED) is 0.734. The van der Waals surface area contributed by atoms with Crippen LogP contribution in [0.2, 0.25) is 0 Å². The van der Waals surface area contributed by atoms with Gasteiger partial charge in [-0.05, 0) is 20.3 Å². The normalized spacial score (nSPS) is 14.8. The third-order valence-electron chi connectivity index (χ3n) is 2.19. The first-order chi connectivity index (χ1) is 7.51. The summed E-state index contributed by atoms with van der Waals surface area (Å²) in [6.07, 6.45) is 1.38. The van der Waals surface area contributed by atoms with Crippen LogP contribution >= 0.6 is 0 Å². The van der Waals surface area contributed by atoms with Gasteiger partial charge in [-0.25, -0.2) is 4.98 Å². The molecule has 6 heteroatoms. The van der Waals surface area contributed by atoms with Crippen LogP contribution in [0.5, 0.6) is 0 Å². The fourth-order valence-corrected chi connectivity index (χ4v) is 1.53. The Hall–Kier alpha value is -1.27. The maximum absolute atomic E-state index is 5.72. The van der Waals surface area contributed by atoms with E-state index >= 15 is 0 Å². The van der Waals surface area contributed by atoms with E-state index in [-0.39, 0.29) is 18.1 Å². The summed E-state index contributed by atoms with van der Waals surface area (Å²) in [6, 6.07) is 0.0882. The number of hydrogen-bond donors (Lipinski definition) is 2. The summed E-state index contributed by atoms with van der Waals surface area (Å²) in [4.78, 5) is 12.2. The summed E-state index contributed by atoms with van der Waals surface area (Å²) in [7, 11) is 1.66. The highest BCUT2D eigenvalue weighted by molar-refractivity contribution is 5.15. The van der Waals surface area contributed by atoms with Gasteiger partial charge in [-0.15, -0.1) is 0 Å². The predicted molar refractivity (Wildman–Crippen MR) is 61.7 cm³/mol. The highest BCUT2D eigenvalue weighted by atomic mass is 16.5. The molecule has 2 atom stereocenters. The summed E-state index contributed by atoms with van der Waals surface area (Å²) in [6.45, 7) is 3.73. The van der Waals surface area contributed by atoms with Crippen molar-refractivity contribution in [3.8, 4) is 0 Å². The van der Waals surface area contributed by atoms with Crippen molar-refractivity contribution in [1.82, 2.24) is 15.0 Å². The Balaban J connectivity index is 2.69. The third kappa shape index (κ3) is 4.08. The molecule has 0 saturated carbocycles. The van der Waals surface area contributed by atoms with Crippen molar-refractivity contribution in [3.05, 3.63) is 11.6 Å². The molecule has 0 spiro atoms. The molecule has 0 aliphatic heterocycles. The minimum atomic E-state index is 0.0150. The van der Waals surface area contributed by atoms with Gasteiger partial charge in [0, 0.05) is 19.6 Å². The lowest BCUT2D eigenvalue weighted by atomic mass is 10.1. The van der Waals surface area contributed by atoms with E-state index in [0.717, 1.165) is 6.42 Å². The van der Waals surface area contributed by atoms with Gasteiger partial charge in [-0.2, -0.15) is 9.97 Å². The second kappa shape index (κ2) is 5.72. The van der Waals surface area contributed by atoms with Crippen LogP contribution in [0.4, 0.5) is 5.95 Å². The van der Waals surface area contributed by atoms with Crippen molar-refractivity contribution in [1.29, 1.82) is 0 Å². The average Bonchev–Trinajstić information content (AvgIpc) is 2.14. The molecule has 6 nitrogen and oxygen atoms in total. The number of nitrogens with two attached hydrogens (primary N) is 2. The molecule has 1 aromatic rings. The average molecular weight is 225 g/mol. The first kappa shape index (κ1) is 12.8. The van der Waals surface area contributed by atoms with Crippen LogP contribution < -0.4 is 11.5 Å². The standard InChI is InChI=1S/C10H19N5O/c1-6(11)4-8(16-3)5-9-13-7(2)14-10(12)15-9/h6,8H,4-5,11H2,1-3H3,(H2,12,13,14,15). The summed E-state index contributed by atoms with van der Waals surface area (Å²) in [5.41, 5.74) is 11.3. The zero-order valence-electron chi connectivity index (χ0n) is 9.97. The second-order valence-electron chi connectivity index (χ2n) is 3.93. The zero-order valence-corrected chi connectivity index (χ0v) is 9.97. The number of anilines is 1. The summed E-state index contributed by atoms with van der Waals surface area (Å²) < 4.78 is 5.32. The number of aryl methyl sites for hydroxylation is 1. The minimum Gasteiger partial charge on any atom is -0.381 e. The van der Waals surface area contributed by atoms with Crippen molar-refractivity contribution in [2.24, 2.45) is 5.73 Å². The lowest BCUT2D eigenvalue weighted by molar-refractivity contribution is 0.0892. The van der Waals surface area contributed by atoms with Crippen LogP contribution in [0.15, 0.2) is 0 Å². The Bertz CT molecular complexity index is 322. The van der Waals surface area contributed by atoms with Crippen molar-refractivity contribution < 1.29 is 4.74 Å². The molecule has 0 aliphatic rings. The van der Waals surface area contributed by atoms with Gasteiger partial charge in [0.15, 0.2) is 0 Å². The van der Waals surface area contributed by atoms with Crippen molar-refractivity contribution in [3.63, 3.8) is 0 Å². The van der Waals surface area contributed by atoms with E-state index in [1.165, 1.54) is 0 Å². The van der Waals surface area contributed by atoms with Crippen LogP contribution in [0.3, 0.4) is 0 Å². The molecule has 0 aliphatic carbocycles. The number of hydrogen-bond acceptors (Lipinski definition) is 6. The molecule has 0 saturated heterocycles. The Labute approximate surface area is 95.4 Å². The van der Waals surface area contributed by atoms with Crippen LogP contribution in [-0.2, 0) is 11.2 Å². The van der Waals surface area contributed by atoms with Crippen LogP contribution in [0.1, 0.15) is 25.0 Å². The molecule has 2 unspecified atom stereocenters. The molecule has 4 N–H and O–H groups in total. The Morgan fingerprint density at radius 3 is 2.50 bits per heavy atom. The number of nitrogen functional groups attached to an aromatic ring is 1. The summed E-state index contributed by atoms with van der Waals surface area (Å²) in [5.74, 6) is 1.52. The van der Waals surface area contributed by atoms with Crippen LogP contribution in [-0.4, -0.2) is 34.2 Å². The molecule has 16 heavy (non-hydrogen) atoms. The van der Waals surface area contributed by atoms with E-state index in [4.69, 9.17) is 16.2 Å². The number of rotatable bonds is 5. The van der Waals surface area contributed by atoms with Gasteiger partial charge in [0.2, 0.25) is 5.95 Å². The van der Waals surface area contributed by atoms with Gasteiger partial charge in [0.1, 0.15) is 11.6 Å². The van der Waals surface area contributed by atoms with Crippen molar-refractivity contribution in [2.75, 3.05) is 12.8 Å². The Morgan fingerprint density at radius 1 is 1.31 bits per heavy atom. The molecule has 1 aromatic heterocycles. The number of aromatic nitrogens is 3.